The quantitative estimate of drug-likeness (QED) is 0.847. The molecule has 1 aliphatic heterocycles. The summed E-state index contributed by atoms with van der Waals surface area (Å²) >= 11 is 0. The number of nitrogens with zero attached hydrogens (tertiary/aromatic N) is 1. The summed E-state index contributed by atoms with van der Waals surface area (Å²) in [6.07, 6.45) is 5.16. The number of morpholine rings is 1. The van der Waals surface area contributed by atoms with Crippen molar-refractivity contribution in [3.63, 3.8) is 0 Å². The highest BCUT2D eigenvalue weighted by Gasteiger charge is 2.24. The van der Waals surface area contributed by atoms with Crippen LogP contribution < -0.4 is 5.32 Å². The molecule has 0 bridgehead atoms. The smallest absolute Gasteiger partial charge is 0.254 e. The number of nitrogens with one attached hydrogen (secondary N) is 1. The van der Waals surface area contributed by atoms with Gasteiger partial charge in [0.1, 0.15) is 9.84 Å². The van der Waals surface area contributed by atoms with Crippen LogP contribution in [-0.4, -0.2) is 63.6 Å². The molecule has 3 rings (SSSR count). The lowest BCUT2D eigenvalue weighted by molar-refractivity contribution is 0.0303. The van der Waals surface area contributed by atoms with E-state index in [1.807, 2.05) is 29.2 Å². The Bertz CT molecular complexity index is 704. The fourth-order valence-electron chi connectivity index (χ4n) is 3.80. The number of anilines is 1. The molecule has 0 atom stereocenters. The van der Waals surface area contributed by atoms with Crippen molar-refractivity contribution in [1.29, 1.82) is 0 Å². The number of hydrogen-bond donors (Lipinski definition) is 1. The number of carbonyl (C=O) groups is 1. The van der Waals surface area contributed by atoms with Gasteiger partial charge in [0, 0.05) is 36.6 Å². The summed E-state index contributed by atoms with van der Waals surface area (Å²) in [6, 6.07) is 8.02. The first-order chi connectivity index (χ1) is 12.4. The first-order valence-corrected chi connectivity index (χ1v) is 11.4. The number of hydrogen-bond acceptors (Lipinski definition) is 5. The van der Waals surface area contributed by atoms with Gasteiger partial charge in [-0.3, -0.25) is 4.79 Å². The molecule has 1 saturated heterocycles. The second-order valence-corrected chi connectivity index (χ2v) is 9.62. The van der Waals surface area contributed by atoms with Crippen molar-refractivity contribution >= 4 is 21.4 Å². The Morgan fingerprint density at radius 1 is 1.12 bits per heavy atom. The second kappa shape index (κ2) is 8.39. The maximum atomic E-state index is 12.5. The van der Waals surface area contributed by atoms with Gasteiger partial charge in [0.2, 0.25) is 0 Å². The van der Waals surface area contributed by atoms with Crippen LogP contribution in [0, 0.1) is 5.92 Å². The van der Waals surface area contributed by atoms with Gasteiger partial charge in [0.15, 0.2) is 0 Å². The lowest BCUT2D eigenvalue weighted by Crippen LogP contribution is -2.40. The van der Waals surface area contributed by atoms with Crippen molar-refractivity contribution in [2.24, 2.45) is 5.92 Å². The van der Waals surface area contributed by atoms with Gasteiger partial charge in [-0.25, -0.2) is 8.42 Å². The van der Waals surface area contributed by atoms with Gasteiger partial charge < -0.3 is 15.0 Å². The van der Waals surface area contributed by atoms with Crippen LogP contribution in [0.5, 0.6) is 0 Å². The Hall–Kier alpha value is -1.60. The lowest BCUT2D eigenvalue weighted by Gasteiger charge is -2.29. The molecule has 1 aromatic carbocycles. The third-order valence-electron chi connectivity index (χ3n) is 5.19. The third kappa shape index (κ3) is 5.45. The van der Waals surface area contributed by atoms with E-state index in [0.29, 0.717) is 43.7 Å². The Labute approximate surface area is 155 Å². The molecule has 144 valence electrons. The average molecular weight is 381 g/mol. The zero-order valence-corrected chi connectivity index (χ0v) is 16.1. The van der Waals surface area contributed by atoms with E-state index >= 15 is 0 Å². The highest BCUT2D eigenvalue weighted by molar-refractivity contribution is 7.90. The fraction of sp³-hybridized carbons (Fsp3) is 0.632. The standard InChI is InChI=1S/C19H28N2O4S/c1-26(23,24)14-15-2-6-17(7-3-15)20-18-8-4-16(5-9-18)19(22)21-10-12-25-13-11-21/h4-5,8-9,15,17,20H,2-3,6-7,10-14H2,1H3. The molecule has 1 aliphatic carbocycles. The van der Waals surface area contributed by atoms with Gasteiger partial charge in [-0.05, 0) is 55.9 Å². The van der Waals surface area contributed by atoms with Crippen molar-refractivity contribution in [3.8, 4) is 0 Å². The summed E-state index contributed by atoms with van der Waals surface area (Å²) in [6.45, 7) is 2.51. The molecule has 1 N–H and O–H groups in total. The van der Waals surface area contributed by atoms with Crippen LogP contribution in [0.25, 0.3) is 0 Å². The van der Waals surface area contributed by atoms with Crippen LogP contribution in [0.3, 0.4) is 0 Å². The summed E-state index contributed by atoms with van der Waals surface area (Å²) in [5, 5.41) is 3.52. The van der Waals surface area contributed by atoms with E-state index in [0.717, 1.165) is 31.4 Å². The molecule has 0 spiro atoms. The molecule has 1 saturated carbocycles. The molecule has 0 aromatic heterocycles. The molecule has 2 aliphatic rings. The predicted octanol–water partition coefficient (Wildman–Crippen LogP) is 2.17. The number of sulfone groups is 1. The summed E-state index contributed by atoms with van der Waals surface area (Å²) in [5.41, 5.74) is 1.71. The normalized spacial score (nSPS) is 24.3. The topological polar surface area (TPSA) is 75.7 Å². The van der Waals surface area contributed by atoms with Crippen molar-refractivity contribution in [2.75, 3.05) is 43.6 Å². The van der Waals surface area contributed by atoms with Crippen molar-refractivity contribution in [1.82, 2.24) is 4.90 Å². The Morgan fingerprint density at radius 2 is 1.73 bits per heavy atom. The zero-order valence-electron chi connectivity index (χ0n) is 15.3. The van der Waals surface area contributed by atoms with Gasteiger partial charge in [0.25, 0.3) is 5.91 Å². The van der Waals surface area contributed by atoms with E-state index in [1.54, 1.807) is 0 Å². The molecule has 7 heteroatoms. The maximum absolute atomic E-state index is 12.5. The summed E-state index contributed by atoms with van der Waals surface area (Å²) in [7, 11) is -2.89. The molecule has 1 heterocycles. The minimum Gasteiger partial charge on any atom is -0.382 e. The van der Waals surface area contributed by atoms with Gasteiger partial charge in [-0.2, -0.15) is 0 Å². The van der Waals surface area contributed by atoms with Gasteiger partial charge in [-0.15, -0.1) is 0 Å². The molecule has 1 aromatic rings. The molecule has 0 unspecified atom stereocenters. The van der Waals surface area contributed by atoms with Crippen LogP contribution >= 0.6 is 0 Å². The number of ether oxygens (including phenoxy) is 1. The van der Waals surface area contributed by atoms with Crippen LogP contribution in [-0.2, 0) is 14.6 Å². The first-order valence-electron chi connectivity index (χ1n) is 9.32. The van der Waals surface area contributed by atoms with Crippen LogP contribution in [0.15, 0.2) is 24.3 Å². The van der Waals surface area contributed by atoms with Crippen LogP contribution in [0.2, 0.25) is 0 Å². The van der Waals surface area contributed by atoms with Gasteiger partial charge in [0.05, 0.1) is 19.0 Å². The fourth-order valence-corrected chi connectivity index (χ4v) is 4.98. The number of carbonyl (C=O) groups excluding carboxylic acids is 1. The Balaban J connectivity index is 1.49. The third-order valence-corrected chi connectivity index (χ3v) is 6.26. The average Bonchev–Trinajstić information content (AvgIpc) is 2.63. The number of amides is 1. The van der Waals surface area contributed by atoms with Gasteiger partial charge in [-0.1, -0.05) is 0 Å². The highest BCUT2D eigenvalue weighted by atomic mass is 32.2. The van der Waals surface area contributed by atoms with E-state index in [1.165, 1.54) is 6.26 Å². The molecule has 2 fully saturated rings. The predicted molar refractivity (Wildman–Crippen MR) is 102 cm³/mol. The minimum absolute atomic E-state index is 0.0566. The van der Waals surface area contributed by atoms with E-state index in [2.05, 4.69) is 5.32 Å². The SMILES string of the molecule is CS(=O)(=O)CC1CCC(Nc2ccc(C(=O)N3CCOCC3)cc2)CC1. The molecule has 1 amide bonds. The van der Waals surface area contributed by atoms with Crippen LogP contribution in [0.1, 0.15) is 36.0 Å². The summed E-state index contributed by atoms with van der Waals surface area (Å²) in [4.78, 5) is 14.3. The summed E-state index contributed by atoms with van der Waals surface area (Å²) in [5.74, 6) is 0.649. The first kappa shape index (κ1) is 19.2. The van der Waals surface area contributed by atoms with E-state index in [-0.39, 0.29) is 11.8 Å². The maximum Gasteiger partial charge on any atom is 0.254 e. The van der Waals surface area contributed by atoms with E-state index in [4.69, 9.17) is 4.74 Å². The lowest BCUT2D eigenvalue weighted by atomic mass is 9.87. The second-order valence-electron chi connectivity index (χ2n) is 7.44. The van der Waals surface area contributed by atoms with E-state index in [9.17, 15) is 13.2 Å². The number of rotatable bonds is 5. The molecular formula is C19H28N2O4S. The summed E-state index contributed by atoms with van der Waals surface area (Å²) < 4.78 is 28.1. The molecule has 0 radical (unpaired) electrons. The van der Waals surface area contributed by atoms with Crippen LogP contribution in [0.4, 0.5) is 5.69 Å². The zero-order chi connectivity index (χ0) is 18.6. The minimum atomic E-state index is -2.89. The van der Waals surface area contributed by atoms with Crippen molar-refractivity contribution in [2.45, 2.75) is 31.7 Å². The van der Waals surface area contributed by atoms with Crippen molar-refractivity contribution < 1.29 is 17.9 Å². The van der Waals surface area contributed by atoms with E-state index < -0.39 is 9.84 Å². The molecule has 6 nitrogen and oxygen atoms in total. The van der Waals surface area contributed by atoms with Crippen molar-refractivity contribution in [3.05, 3.63) is 29.8 Å². The largest absolute Gasteiger partial charge is 0.382 e. The highest BCUT2D eigenvalue weighted by Crippen LogP contribution is 2.27. The Morgan fingerprint density at radius 3 is 2.31 bits per heavy atom. The monoisotopic (exact) mass is 380 g/mol. The van der Waals surface area contributed by atoms with Gasteiger partial charge >= 0.3 is 0 Å². The number of benzene rings is 1. The molecule has 26 heavy (non-hydrogen) atoms. The molecular weight excluding hydrogens is 352 g/mol. The Kier molecular flexibility index (Phi) is 6.19.